The van der Waals surface area contributed by atoms with Gasteiger partial charge in [-0.2, -0.15) is 0 Å². The van der Waals surface area contributed by atoms with Gasteiger partial charge in [0.2, 0.25) is 5.78 Å². The summed E-state index contributed by atoms with van der Waals surface area (Å²) in [4.78, 5) is 41.6. The number of benzene rings is 1. The molecule has 1 saturated heterocycles. The number of Topliss-reactive ketones (excluding diaryl/α,β-unsaturated/α-hetero) is 2. The molecule has 196 valence electrons. The fraction of sp³-hybridized carbons (Fsp3) is 0.560. The summed E-state index contributed by atoms with van der Waals surface area (Å²) < 4.78 is 5.41. The van der Waals surface area contributed by atoms with Gasteiger partial charge in [0.15, 0.2) is 11.4 Å². The number of phenolic OH excluding ortho intramolecular Hbond substituents is 1. The van der Waals surface area contributed by atoms with Crippen LogP contribution in [0.5, 0.6) is 5.75 Å². The number of nitrogens with two attached hydrogens (primary N) is 1. The molecular formula is C25H33N3O8. The molecule has 4 rings (SSSR count). The van der Waals surface area contributed by atoms with E-state index in [0.29, 0.717) is 44.0 Å². The average Bonchev–Trinajstić information content (AvgIpc) is 2.82. The van der Waals surface area contributed by atoms with Crippen LogP contribution in [-0.2, 0) is 20.7 Å². The number of allylic oxidation sites excluding steroid dienone is 1. The van der Waals surface area contributed by atoms with Crippen molar-refractivity contribution in [2.24, 2.45) is 17.6 Å². The molecule has 1 amide bonds. The Balaban J connectivity index is 1.68. The molecule has 0 saturated carbocycles. The van der Waals surface area contributed by atoms with Crippen LogP contribution in [0.25, 0.3) is 0 Å². The molecule has 36 heavy (non-hydrogen) atoms. The predicted octanol–water partition coefficient (Wildman–Crippen LogP) is 0.0398. The third-order valence-corrected chi connectivity index (χ3v) is 7.57. The monoisotopic (exact) mass is 503 g/mol. The topological polar surface area (TPSA) is 174 Å². The lowest BCUT2D eigenvalue weighted by atomic mass is 9.68. The molecule has 1 aliphatic heterocycles. The van der Waals surface area contributed by atoms with Crippen molar-refractivity contribution in [2.75, 3.05) is 56.8 Å². The van der Waals surface area contributed by atoms with Crippen molar-refractivity contribution in [3.05, 3.63) is 28.5 Å². The molecule has 3 aliphatic rings. The molecule has 0 spiro atoms. The maximum Gasteiger partial charge on any atom is 0.255 e. The molecule has 3 atom stereocenters. The number of aliphatic hydroxyl groups excluding tert-OH is 2. The van der Waals surface area contributed by atoms with E-state index in [4.69, 9.17) is 10.5 Å². The number of aromatic hydroxyl groups is 1. The van der Waals surface area contributed by atoms with E-state index in [1.165, 1.54) is 0 Å². The first kappa shape index (κ1) is 25.9. The van der Waals surface area contributed by atoms with Crippen LogP contribution in [0.4, 0.5) is 11.4 Å². The van der Waals surface area contributed by atoms with Gasteiger partial charge in [0.25, 0.3) is 5.91 Å². The minimum atomic E-state index is -2.30. The van der Waals surface area contributed by atoms with Crippen molar-refractivity contribution < 1.29 is 39.5 Å². The molecule has 1 heterocycles. The smallest absolute Gasteiger partial charge is 0.255 e. The molecule has 1 fully saturated rings. The number of ketones is 2. The molecule has 11 heteroatoms. The first-order valence-electron chi connectivity index (χ1n) is 12.0. The Labute approximate surface area is 208 Å². The summed E-state index contributed by atoms with van der Waals surface area (Å²) in [7, 11) is 3.70. The van der Waals surface area contributed by atoms with E-state index >= 15 is 0 Å². The second-order valence-corrected chi connectivity index (χ2v) is 10.0. The molecule has 1 unspecified atom stereocenters. The lowest BCUT2D eigenvalue weighted by Crippen LogP contribution is -2.55. The number of aliphatic hydroxyl groups is 3. The predicted molar refractivity (Wildman–Crippen MR) is 130 cm³/mol. The number of fused-ring (bicyclic) bond motifs is 1. The summed E-state index contributed by atoms with van der Waals surface area (Å²) in [6, 6.07) is 1.86. The number of carbonyl (C=O) groups is 3. The number of phenols is 1. The number of hydrogen-bond donors (Lipinski definition) is 5. The van der Waals surface area contributed by atoms with Gasteiger partial charge in [0.05, 0.1) is 31.1 Å². The van der Waals surface area contributed by atoms with E-state index in [0.717, 1.165) is 5.69 Å². The highest BCUT2D eigenvalue weighted by molar-refractivity contribution is 6.22. The van der Waals surface area contributed by atoms with Crippen molar-refractivity contribution in [3.63, 3.8) is 0 Å². The van der Waals surface area contributed by atoms with Crippen LogP contribution in [0.1, 0.15) is 35.2 Å². The number of morpholine rings is 1. The Hall–Kier alpha value is -3.15. The van der Waals surface area contributed by atoms with Crippen LogP contribution in [0, 0.1) is 11.8 Å². The van der Waals surface area contributed by atoms with Crippen LogP contribution < -0.4 is 15.5 Å². The third-order valence-electron chi connectivity index (χ3n) is 7.57. The van der Waals surface area contributed by atoms with Gasteiger partial charge >= 0.3 is 0 Å². The van der Waals surface area contributed by atoms with E-state index in [1.54, 1.807) is 0 Å². The second kappa shape index (κ2) is 9.72. The summed E-state index contributed by atoms with van der Waals surface area (Å²) in [6.45, 7) is 1.28. The number of hydrogen-bond acceptors (Lipinski definition) is 10. The van der Waals surface area contributed by atoms with Gasteiger partial charge in [-0.3, -0.25) is 14.4 Å². The first-order valence-corrected chi connectivity index (χ1v) is 12.0. The quantitative estimate of drug-likeness (QED) is 0.333. The number of ether oxygens (including phenoxy) is 1. The number of anilines is 2. The highest BCUT2D eigenvalue weighted by Crippen LogP contribution is 2.46. The zero-order valence-corrected chi connectivity index (χ0v) is 20.5. The van der Waals surface area contributed by atoms with Gasteiger partial charge in [-0.25, -0.2) is 0 Å². The fourth-order valence-corrected chi connectivity index (χ4v) is 5.70. The number of carbonyl (C=O) groups excluding carboxylic acids is 3. The highest BCUT2D eigenvalue weighted by Gasteiger charge is 2.51. The summed E-state index contributed by atoms with van der Waals surface area (Å²) in [5.74, 6) is -4.41. The number of primary amides is 1. The Morgan fingerprint density at radius 3 is 2.44 bits per heavy atom. The number of rotatable bonds is 6. The van der Waals surface area contributed by atoms with Gasteiger partial charge in [-0.05, 0) is 30.4 Å². The van der Waals surface area contributed by atoms with Gasteiger partial charge in [-0.1, -0.05) is 0 Å². The van der Waals surface area contributed by atoms with Gasteiger partial charge in [0, 0.05) is 51.6 Å². The van der Waals surface area contributed by atoms with Crippen molar-refractivity contribution in [1.82, 2.24) is 0 Å². The molecule has 1 aromatic carbocycles. The average molecular weight is 504 g/mol. The second-order valence-electron chi connectivity index (χ2n) is 10.0. The minimum Gasteiger partial charge on any atom is -0.511 e. The summed E-state index contributed by atoms with van der Waals surface area (Å²) in [5, 5.41) is 42.3. The standard InChI is InChI=1S/C25H33N3O8/c1-27(2)16-11-17(28-3-5-36-6-4-28)22(32)20-15(16)8-13(9-18(20)30)7-14-10-19(31)21(24(26)34)23(33)25(14,35)12-29/h11,13-14,29,31-32,35H,3-10,12H2,1-2H3,(H2,26,34)/t13-,14+,25?/m1/s1. The lowest BCUT2D eigenvalue weighted by molar-refractivity contribution is -0.150. The molecule has 6 N–H and O–H groups in total. The molecule has 11 nitrogen and oxygen atoms in total. The fourth-order valence-electron chi connectivity index (χ4n) is 5.70. The van der Waals surface area contributed by atoms with Crippen molar-refractivity contribution in [1.29, 1.82) is 0 Å². The van der Waals surface area contributed by atoms with Gasteiger partial charge < -0.3 is 40.7 Å². The van der Waals surface area contributed by atoms with Crippen molar-refractivity contribution in [2.45, 2.75) is 31.3 Å². The normalized spacial score (nSPS) is 26.7. The summed E-state index contributed by atoms with van der Waals surface area (Å²) in [6.07, 6.45) is 0.327. The zero-order chi connectivity index (χ0) is 26.4. The summed E-state index contributed by atoms with van der Waals surface area (Å²) in [5.41, 5.74) is 4.49. The van der Waals surface area contributed by atoms with Crippen LogP contribution >= 0.6 is 0 Å². The Morgan fingerprint density at radius 2 is 1.86 bits per heavy atom. The molecular weight excluding hydrogens is 470 g/mol. The van der Waals surface area contributed by atoms with Gasteiger partial charge in [-0.15, -0.1) is 0 Å². The largest absolute Gasteiger partial charge is 0.511 e. The van der Waals surface area contributed by atoms with Crippen LogP contribution in [0.2, 0.25) is 0 Å². The van der Waals surface area contributed by atoms with Crippen molar-refractivity contribution >= 4 is 28.8 Å². The third kappa shape index (κ3) is 4.31. The lowest BCUT2D eigenvalue weighted by Gasteiger charge is -2.40. The zero-order valence-electron chi connectivity index (χ0n) is 20.5. The molecule has 0 aromatic heterocycles. The molecule has 1 aromatic rings. The Morgan fingerprint density at radius 1 is 1.19 bits per heavy atom. The van der Waals surface area contributed by atoms with Crippen LogP contribution in [0.3, 0.4) is 0 Å². The van der Waals surface area contributed by atoms with E-state index < -0.39 is 41.1 Å². The molecule has 0 radical (unpaired) electrons. The number of amides is 1. The SMILES string of the molecule is CN(C)c1cc(N2CCOCC2)c(O)c2c1C[C@@H](C[C@H]1CC(O)=C(C(N)=O)C(=O)C1(O)CO)CC2=O. The minimum absolute atomic E-state index is 0.0549. The maximum atomic E-state index is 13.3. The van der Waals surface area contributed by atoms with Crippen LogP contribution in [0.15, 0.2) is 17.4 Å². The summed E-state index contributed by atoms with van der Waals surface area (Å²) >= 11 is 0. The Bertz CT molecular complexity index is 1120. The van der Waals surface area contributed by atoms with E-state index in [2.05, 4.69) is 0 Å². The van der Waals surface area contributed by atoms with Gasteiger partial charge in [0.1, 0.15) is 17.1 Å². The Kier molecular flexibility index (Phi) is 7.00. The molecule has 2 aliphatic carbocycles. The maximum absolute atomic E-state index is 13.3. The highest BCUT2D eigenvalue weighted by atomic mass is 16.5. The van der Waals surface area contributed by atoms with Crippen molar-refractivity contribution in [3.8, 4) is 5.75 Å². The van der Waals surface area contributed by atoms with E-state index in [1.807, 2.05) is 30.0 Å². The first-order chi connectivity index (χ1) is 17.0. The van der Waals surface area contributed by atoms with E-state index in [9.17, 15) is 34.8 Å². The van der Waals surface area contributed by atoms with E-state index in [-0.39, 0.29) is 42.3 Å². The van der Waals surface area contributed by atoms with Crippen LogP contribution in [-0.4, -0.2) is 90.5 Å². The molecule has 0 bridgehead atoms. The number of nitrogens with zero attached hydrogens (tertiary/aromatic N) is 2.